The maximum Gasteiger partial charge on any atom is 0.228 e. The summed E-state index contributed by atoms with van der Waals surface area (Å²) in [6.07, 6.45) is 4.00. The second-order valence-electron chi connectivity index (χ2n) is 7.62. The summed E-state index contributed by atoms with van der Waals surface area (Å²) in [6, 6.07) is 0. The van der Waals surface area contributed by atoms with Crippen LogP contribution in [0, 0.1) is 5.41 Å². The fourth-order valence-corrected chi connectivity index (χ4v) is 3.48. The predicted molar refractivity (Wildman–Crippen MR) is 90.3 cm³/mol. The predicted octanol–water partition coefficient (Wildman–Crippen LogP) is 0.745. The number of carbonyl (C=O) groups excluding carboxylic acids is 1. The summed E-state index contributed by atoms with van der Waals surface area (Å²) >= 11 is 0. The molecule has 1 amide bonds. The molecule has 134 valence electrons. The molecule has 7 heteroatoms. The summed E-state index contributed by atoms with van der Waals surface area (Å²) in [4.78, 5) is 16.5. The summed E-state index contributed by atoms with van der Waals surface area (Å²) in [5, 5.41) is 17.7. The Labute approximate surface area is 143 Å². The van der Waals surface area contributed by atoms with Crippen molar-refractivity contribution in [1.82, 2.24) is 24.6 Å². The number of hydrogen-bond donors (Lipinski definition) is 1. The van der Waals surface area contributed by atoms with Crippen LogP contribution in [0.3, 0.4) is 0 Å². The van der Waals surface area contributed by atoms with E-state index < -0.39 is 0 Å². The number of aliphatic hydroxyl groups is 1. The van der Waals surface area contributed by atoms with Gasteiger partial charge in [-0.15, -0.1) is 10.2 Å². The molecular weight excluding hydrogens is 306 g/mol. The van der Waals surface area contributed by atoms with Crippen LogP contribution in [0.15, 0.2) is 0 Å². The Kier molecular flexibility index (Phi) is 4.92. The zero-order chi connectivity index (χ0) is 17.3. The third-order valence-electron chi connectivity index (χ3n) is 5.56. The second-order valence-corrected chi connectivity index (χ2v) is 7.62. The maximum absolute atomic E-state index is 12.4. The molecule has 0 aromatic carbocycles. The highest BCUT2D eigenvalue weighted by molar-refractivity contribution is 5.85. The van der Waals surface area contributed by atoms with E-state index in [-0.39, 0.29) is 12.0 Å². The zero-order valence-electron chi connectivity index (χ0n) is 15.0. The fraction of sp³-hybridized carbons (Fsp3) is 0.824. The summed E-state index contributed by atoms with van der Waals surface area (Å²) in [5.41, 5.74) is -0.0674. The molecule has 0 spiro atoms. The van der Waals surface area contributed by atoms with Crippen LogP contribution in [0.2, 0.25) is 0 Å². The molecule has 1 aromatic heterocycles. The van der Waals surface area contributed by atoms with Crippen LogP contribution in [0.5, 0.6) is 0 Å². The normalized spacial score (nSPS) is 20.6. The highest BCUT2D eigenvalue weighted by atomic mass is 16.3. The van der Waals surface area contributed by atoms with Gasteiger partial charge in [0.1, 0.15) is 11.6 Å². The molecule has 1 N–H and O–H groups in total. The standard InChI is InChI=1S/C17H29N5O2/c1-17(6-7-17)16(24)22-8-4-13(5-9-22)15-19-18-14(21(15)3)12-20(2)10-11-23/h13,23H,4-12H2,1-3H3. The first-order valence-electron chi connectivity index (χ1n) is 8.91. The van der Waals surface area contributed by atoms with Gasteiger partial charge in [-0.25, -0.2) is 0 Å². The Morgan fingerprint density at radius 3 is 2.58 bits per heavy atom. The Bertz CT molecular complexity index is 588. The summed E-state index contributed by atoms with van der Waals surface area (Å²) < 4.78 is 2.08. The van der Waals surface area contributed by atoms with Gasteiger partial charge in [-0.05, 0) is 32.7 Å². The van der Waals surface area contributed by atoms with Gasteiger partial charge in [-0.2, -0.15) is 0 Å². The Hall–Kier alpha value is -1.47. The van der Waals surface area contributed by atoms with E-state index in [9.17, 15) is 4.79 Å². The van der Waals surface area contributed by atoms with Gasteiger partial charge in [-0.1, -0.05) is 6.92 Å². The summed E-state index contributed by atoms with van der Waals surface area (Å²) in [7, 11) is 3.98. The third kappa shape index (κ3) is 3.47. The Morgan fingerprint density at radius 1 is 1.33 bits per heavy atom. The van der Waals surface area contributed by atoms with Crippen LogP contribution in [0.4, 0.5) is 0 Å². The SMILES string of the molecule is CN(CCO)Cc1nnc(C2CCN(C(=O)C3(C)CC3)CC2)n1C. The first-order chi connectivity index (χ1) is 11.4. The average Bonchev–Trinajstić information content (AvgIpc) is 3.23. The summed E-state index contributed by atoms with van der Waals surface area (Å²) in [6.45, 7) is 5.18. The number of likely N-dealkylation sites (tertiary alicyclic amines) is 1. The van der Waals surface area contributed by atoms with Gasteiger partial charge >= 0.3 is 0 Å². The molecule has 2 heterocycles. The van der Waals surface area contributed by atoms with Crippen molar-refractivity contribution in [1.29, 1.82) is 0 Å². The number of amides is 1. The van der Waals surface area contributed by atoms with Gasteiger partial charge in [0.2, 0.25) is 5.91 Å². The average molecular weight is 335 g/mol. The van der Waals surface area contributed by atoms with Crippen molar-refractivity contribution in [3.8, 4) is 0 Å². The van der Waals surface area contributed by atoms with Crippen LogP contribution >= 0.6 is 0 Å². The highest BCUT2D eigenvalue weighted by Gasteiger charge is 2.47. The fourth-order valence-electron chi connectivity index (χ4n) is 3.48. The van der Waals surface area contributed by atoms with Crippen molar-refractivity contribution in [3.05, 3.63) is 11.6 Å². The van der Waals surface area contributed by atoms with Crippen molar-refractivity contribution < 1.29 is 9.90 Å². The molecule has 7 nitrogen and oxygen atoms in total. The van der Waals surface area contributed by atoms with E-state index in [1.165, 1.54) is 0 Å². The molecule has 1 aliphatic heterocycles. The molecule has 2 aliphatic rings. The molecule has 0 bridgehead atoms. The van der Waals surface area contributed by atoms with Crippen LogP contribution < -0.4 is 0 Å². The number of aromatic nitrogens is 3. The monoisotopic (exact) mass is 335 g/mol. The molecule has 3 rings (SSSR count). The van der Waals surface area contributed by atoms with E-state index in [1.807, 2.05) is 23.9 Å². The molecule has 0 unspecified atom stereocenters. The number of nitrogens with zero attached hydrogens (tertiary/aromatic N) is 5. The Balaban J connectivity index is 1.58. The number of hydrogen-bond acceptors (Lipinski definition) is 5. The first-order valence-corrected chi connectivity index (χ1v) is 8.91. The van der Waals surface area contributed by atoms with Crippen LogP contribution in [-0.2, 0) is 18.4 Å². The van der Waals surface area contributed by atoms with Gasteiger partial charge in [0.25, 0.3) is 0 Å². The summed E-state index contributed by atoms with van der Waals surface area (Å²) in [5.74, 6) is 2.65. The number of rotatable bonds is 6. The van der Waals surface area contributed by atoms with Gasteiger partial charge in [0.15, 0.2) is 0 Å². The largest absolute Gasteiger partial charge is 0.395 e. The minimum Gasteiger partial charge on any atom is -0.395 e. The van der Waals surface area contributed by atoms with Crippen molar-refractivity contribution >= 4 is 5.91 Å². The van der Waals surface area contributed by atoms with Gasteiger partial charge in [-0.3, -0.25) is 9.69 Å². The van der Waals surface area contributed by atoms with Crippen molar-refractivity contribution in [2.24, 2.45) is 12.5 Å². The number of aliphatic hydroxyl groups excluding tert-OH is 1. The Morgan fingerprint density at radius 2 is 2.00 bits per heavy atom. The van der Waals surface area contributed by atoms with Crippen molar-refractivity contribution in [2.45, 2.75) is 45.1 Å². The van der Waals surface area contributed by atoms with E-state index in [4.69, 9.17) is 5.11 Å². The second kappa shape index (κ2) is 6.80. The smallest absolute Gasteiger partial charge is 0.228 e. The lowest BCUT2D eigenvalue weighted by Crippen LogP contribution is -2.41. The number of piperidine rings is 1. The number of likely N-dealkylation sites (N-methyl/N-ethyl adjacent to an activating group) is 1. The van der Waals surface area contributed by atoms with E-state index in [0.29, 0.717) is 24.9 Å². The zero-order valence-corrected chi connectivity index (χ0v) is 15.0. The van der Waals surface area contributed by atoms with Crippen LogP contribution in [-0.4, -0.2) is 68.9 Å². The minimum absolute atomic E-state index is 0.0674. The lowest BCUT2D eigenvalue weighted by Gasteiger charge is -2.33. The quantitative estimate of drug-likeness (QED) is 0.830. The molecule has 2 fully saturated rings. The lowest BCUT2D eigenvalue weighted by molar-refractivity contribution is -0.137. The van der Waals surface area contributed by atoms with Crippen LogP contribution in [0.25, 0.3) is 0 Å². The lowest BCUT2D eigenvalue weighted by atomic mass is 9.94. The maximum atomic E-state index is 12.4. The van der Waals surface area contributed by atoms with Gasteiger partial charge in [0, 0.05) is 38.0 Å². The molecule has 24 heavy (non-hydrogen) atoms. The first kappa shape index (κ1) is 17.4. The topological polar surface area (TPSA) is 74.5 Å². The molecule has 1 aliphatic carbocycles. The van der Waals surface area contributed by atoms with E-state index in [1.54, 1.807) is 0 Å². The molecule has 1 saturated carbocycles. The van der Waals surface area contributed by atoms with E-state index in [2.05, 4.69) is 21.7 Å². The van der Waals surface area contributed by atoms with Crippen LogP contribution in [0.1, 0.15) is 50.2 Å². The third-order valence-corrected chi connectivity index (χ3v) is 5.56. The minimum atomic E-state index is -0.0674. The van der Waals surface area contributed by atoms with E-state index in [0.717, 1.165) is 50.4 Å². The molecule has 0 atom stereocenters. The van der Waals surface area contributed by atoms with Crippen molar-refractivity contribution in [3.63, 3.8) is 0 Å². The molecule has 1 saturated heterocycles. The molecule has 1 aromatic rings. The molecular formula is C17H29N5O2. The van der Waals surface area contributed by atoms with Crippen molar-refractivity contribution in [2.75, 3.05) is 33.3 Å². The van der Waals surface area contributed by atoms with E-state index >= 15 is 0 Å². The number of carbonyl (C=O) groups is 1. The molecule has 0 radical (unpaired) electrons. The van der Waals surface area contributed by atoms with Gasteiger partial charge < -0.3 is 14.6 Å². The van der Waals surface area contributed by atoms with Gasteiger partial charge in [0.05, 0.1) is 13.2 Å². The highest BCUT2D eigenvalue weighted by Crippen LogP contribution is 2.47.